The van der Waals surface area contributed by atoms with Crippen molar-refractivity contribution in [1.82, 2.24) is 4.72 Å². The number of hydrogen-bond acceptors (Lipinski definition) is 3. The van der Waals surface area contributed by atoms with Crippen LogP contribution in [-0.2, 0) is 20.2 Å². The Bertz CT molecular complexity index is 941. The van der Waals surface area contributed by atoms with E-state index in [0.29, 0.717) is 23.2 Å². The van der Waals surface area contributed by atoms with Crippen LogP contribution in [0.2, 0.25) is 0 Å². The first-order valence-electron chi connectivity index (χ1n) is 11.8. The van der Waals surface area contributed by atoms with E-state index in [-0.39, 0.29) is 29.2 Å². The molecule has 3 aliphatic rings. The van der Waals surface area contributed by atoms with Crippen molar-refractivity contribution in [3.63, 3.8) is 0 Å². The topological polar surface area (TPSA) is 83.5 Å². The van der Waals surface area contributed by atoms with Crippen molar-refractivity contribution < 1.29 is 18.3 Å². The van der Waals surface area contributed by atoms with Gasteiger partial charge in [-0.1, -0.05) is 58.9 Å². The van der Waals surface area contributed by atoms with Crippen LogP contribution in [0, 0.1) is 23.2 Å². The molecule has 0 unspecified atom stereocenters. The molecule has 0 radical (unpaired) electrons. The number of carboxylic acid groups (broad SMARTS) is 1. The minimum atomic E-state index is -3.58. The molecule has 178 valence electrons. The average molecular weight is 462 g/mol. The lowest BCUT2D eigenvalue weighted by Gasteiger charge is -2.62. The second-order valence-corrected chi connectivity index (χ2v) is 13.0. The molecule has 0 aromatic heterocycles. The zero-order chi connectivity index (χ0) is 23.7. The first-order chi connectivity index (χ1) is 14.8. The smallest absolute Gasteiger partial charge is 0.303 e. The van der Waals surface area contributed by atoms with Crippen LogP contribution >= 0.6 is 0 Å². The highest BCUT2D eigenvalue weighted by molar-refractivity contribution is 7.89. The zero-order valence-electron chi connectivity index (χ0n) is 20.1. The Hall–Kier alpha value is -1.66. The quantitative estimate of drug-likeness (QED) is 0.375. The maximum atomic E-state index is 13.2. The van der Waals surface area contributed by atoms with Gasteiger partial charge < -0.3 is 5.11 Å². The van der Waals surface area contributed by atoms with E-state index >= 15 is 0 Å². The Balaban J connectivity index is 1.70. The highest BCUT2D eigenvalue weighted by Gasteiger charge is 2.57. The van der Waals surface area contributed by atoms with Gasteiger partial charge in [0.25, 0.3) is 0 Å². The maximum Gasteiger partial charge on any atom is 0.303 e. The van der Waals surface area contributed by atoms with Crippen LogP contribution in [0.5, 0.6) is 0 Å². The standard InChI is InChI=1S/C26H39NO4S/c1-25(2,3)18-12-14-20(15-13-18)32(30,31)27-23-17-19-16-22(26(19,4)5)21(23)10-8-6-7-9-11-24(28)29/h6,8,12-15,19,21-23,27H,7,9-11,16-17H2,1-5H3,(H,28,29)/b8-6-/t19-,21+,22+,23+/m1/s1. The molecule has 0 spiro atoms. The number of sulfonamides is 1. The first-order valence-corrected chi connectivity index (χ1v) is 13.3. The lowest BCUT2D eigenvalue weighted by Crippen LogP contribution is -2.61. The molecule has 0 amide bonds. The molecule has 0 saturated heterocycles. The summed E-state index contributed by atoms with van der Waals surface area (Å²) in [5.41, 5.74) is 1.34. The van der Waals surface area contributed by atoms with Crippen LogP contribution in [0.3, 0.4) is 0 Å². The van der Waals surface area contributed by atoms with E-state index in [0.717, 1.165) is 24.8 Å². The monoisotopic (exact) mass is 461 g/mol. The molecule has 1 aromatic carbocycles. The third-order valence-electron chi connectivity index (χ3n) is 7.79. The summed E-state index contributed by atoms with van der Waals surface area (Å²) in [5, 5.41) is 8.77. The minimum Gasteiger partial charge on any atom is -0.481 e. The minimum absolute atomic E-state index is 0.0200. The molecule has 0 aliphatic heterocycles. The number of allylic oxidation sites excluding steroid dienone is 2. The summed E-state index contributed by atoms with van der Waals surface area (Å²) >= 11 is 0. The molecule has 2 bridgehead atoms. The second kappa shape index (κ2) is 9.30. The Morgan fingerprint density at radius 2 is 1.81 bits per heavy atom. The van der Waals surface area contributed by atoms with Crippen LogP contribution in [0.15, 0.2) is 41.3 Å². The fourth-order valence-corrected chi connectivity index (χ4v) is 6.85. The molecule has 2 N–H and O–H groups in total. The van der Waals surface area contributed by atoms with Crippen LogP contribution in [-0.4, -0.2) is 25.5 Å². The van der Waals surface area contributed by atoms with Gasteiger partial charge >= 0.3 is 5.97 Å². The van der Waals surface area contributed by atoms with Gasteiger partial charge in [-0.15, -0.1) is 0 Å². The predicted molar refractivity (Wildman–Crippen MR) is 128 cm³/mol. The Morgan fingerprint density at radius 3 is 2.38 bits per heavy atom. The number of fused-ring (bicyclic) bond motifs is 2. The normalized spacial score (nSPS) is 27.3. The van der Waals surface area contributed by atoms with Gasteiger partial charge in [0.2, 0.25) is 10.0 Å². The molecule has 0 heterocycles. The van der Waals surface area contributed by atoms with E-state index in [1.807, 2.05) is 12.1 Å². The lowest BCUT2D eigenvalue weighted by atomic mass is 9.44. The van der Waals surface area contributed by atoms with Crippen LogP contribution in [0.4, 0.5) is 0 Å². The number of benzene rings is 1. The van der Waals surface area contributed by atoms with Gasteiger partial charge in [0.15, 0.2) is 0 Å². The Labute approximate surface area is 193 Å². The first kappa shape index (κ1) is 25.0. The van der Waals surface area contributed by atoms with E-state index in [2.05, 4.69) is 51.5 Å². The van der Waals surface area contributed by atoms with Gasteiger partial charge in [-0.05, 0) is 78.4 Å². The Kier molecular flexibility index (Phi) is 7.26. The molecular weight excluding hydrogens is 422 g/mol. The van der Waals surface area contributed by atoms with E-state index < -0.39 is 16.0 Å². The zero-order valence-corrected chi connectivity index (χ0v) is 20.9. The third kappa shape index (κ3) is 5.45. The summed E-state index contributed by atoms with van der Waals surface area (Å²) in [6.07, 6.45) is 8.60. The fourth-order valence-electron chi connectivity index (χ4n) is 5.55. The molecule has 5 nitrogen and oxygen atoms in total. The maximum absolute atomic E-state index is 13.2. The highest BCUT2D eigenvalue weighted by atomic mass is 32.2. The summed E-state index contributed by atoms with van der Waals surface area (Å²) in [4.78, 5) is 11.0. The number of carboxylic acids is 1. The molecule has 1 aromatic rings. The van der Waals surface area contributed by atoms with Gasteiger partial charge in [-0.3, -0.25) is 4.79 Å². The van der Waals surface area contributed by atoms with Crippen molar-refractivity contribution in [2.75, 3.05) is 0 Å². The number of rotatable bonds is 9. The fraction of sp³-hybridized carbons (Fsp3) is 0.654. The largest absolute Gasteiger partial charge is 0.481 e. The lowest BCUT2D eigenvalue weighted by molar-refractivity contribution is -0.137. The van der Waals surface area contributed by atoms with Crippen LogP contribution in [0.1, 0.15) is 78.7 Å². The van der Waals surface area contributed by atoms with Crippen molar-refractivity contribution in [3.05, 3.63) is 42.0 Å². The molecule has 3 fully saturated rings. The van der Waals surface area contributed by atoms with E-state index in [9.17, 15) is 13.2 Å². The van der Waals surface area contributed by atoms with Gasteiger partial charge in [-0.25, -0.2) is 13.1 Å². The molecule has 3 saturated carbocycles. The van der Waals surface area contributed by atoms with Gasteiger partial charge in [0, 0.05) is 12.5 Å². The number of unbranched alkanes of at least 4 members (excludes halogenated alkanes) is 1. The number of aliphatic carboxylic acids is 1. The van der Waals surface area contributed by atoms with Crippen LogP contribution in [0.25, 0.3) is 0 Å². The van der Waals surface area contributed by atoms with E-state index in [1.165, 1.54) is 6.42 Å². The van der Waals surface area contributed by atoms with Crippen molar-refractivity contribution in [2.24, 2.45) is 23.2 Å². The van der Waals surface area contributed by atoms with Crippen LogP contribution < -0.4 is 4.72 Å². The summed E-state index contributed by atoms with van der Waals surface area (Å²) in [5.74, 6) is 0.549. The van der Waals surface area contributed by atoms with Gasteiger partial charge in [0.05, 0.1) is 4.90 Å². The summed E-state index contributed by atoms with van der Waals surface area (Å²) in [6, 6.07) is 7.19. The highest BCUT2D eigenvalue weighted by Crippen LogP contribution is 2.62. The summed E-state index contributed by atoms with van der Waals surface area (Å²) in [6.45, 7) is 11.0. The number of hydrogen-bond donors (Lipinski definition) is 2. The van der Waals surface area contributed by atoms with E-state index in [4.69, 9.17) is 5.11 Å². The van der Waals surface area contributed by atoms with Gasteiger partial charge in [-0.2, -0.15) is 0 Å². The van der Waals surface area contributed by atoms with Crippen molar-refractivity contribution in [2.45, 2.75) is 89.5 Å². The summed E-state index contributed by atoms with van der Waals surface area (Å²) < 4.78 is 29.4. The van der Waals surface area contributed by atoms with Crippen molar-refractivity contribution in [1.29, 1.82) is 0 Å². The third-order valence-corrected chi connectivity index (χ3v) is 9.30. The predicted octanol–water partition coefficient (Wildman–Crippen LogP) is 5.51. The molecule has 4 atom stereocenters. The molecule has 3 aliphatic carbocycles. The number of carbonyl (C=O) groups is 1. The van der Waals surface area contributed by atoms with Gasteiger partial charge in [0.1, 0.15) is 0 Å². The molecule has 32 heavy (non-hydrogen) atoms. The van der Waals surface area contributed by atoms with E-state index in [1.54, 1.807) is 12.1 Å². The average Bonchev–Trinajstić information content (AvgIpc) is 2.70. The SMILES string of the molecule is CC(C)(C)c1ccc(S(=O)(=O)N[C@H]2C[C@H]3C[C@@H]([C@@H]2C/C=C\CCCC(=O)O)C3(C)C)cc1. The summed E-state index contributed by atoms with van der Waals surface area (Å²) in [7, 11) is -3.58. The number of nitrogens with one attached hydrogen (secondary N) is 1. The van der Waals surface area contributed by atoms with Crippen molar-refractivity contribution >= 4 is 16.0 Å². The Morgan fingerprint density at radius 1 is 1.16 bits per heavy atom. The molecule has 4 rings (SSSR count). The van der Waals surface area contributed by atoms with Crippen molar-refractivity contribution in [3.8, 4) is 0 Å². The molecule has 6 heteroatoms. The molecular formula is C26H39NO4S. The second-order valence-electron chi connectivity index (χ2n) is 11.3.